The Morgan fingerprint density at radius 2 is 2.56 bits per heavy atom. The van der Waals surface area contributed by atoms with Crippen LogP contribution in [0.3, 0.4) is 0 Å². The van der Waals surface area contributed by atoms with Gasteiger partial charge in [0.15, 0.2) is 6.33 Å². The van der Waals surface area contributed by atoms with Crippen molar-refractivity contribution in [2.24, 2.45) is 0 Å². The molecular formula is C3H5N5O. The van der Waals surface area contributed by atoms with Gasteiger partial charge in [0.1, 0.15) is 0 Å². The average molecular weight is 127 g/mol. The Balaban J connectivity index is 2.58. The van der Waals surface area contributed by atoms with E-state index in [1.807, 2.05) is 0 Å². The van der Waals surface area contributed by atoms with Crippen LogP contribution in [0.5, 0.6) is 0 Å². The van der Waals surface area contributed by atoms with Gasteiger partial charge in [0.2, 0.25) is 5.91 Å². The molecule has 0 spiro atoms. The lowest BCUT2D eigenvalue weighted by Crippen LogP contribution is -2.20. The summed E-state index contributed by atoms with van der Waals surface area (Å²) in [5.41, 5.74) is 2.33. The predicted octanol–water partition coefficient (Wildman–Crippen LogP) is -1.24. The maximum atomic E-state index is 10.3. The van der Waals surface area contributed by atoms with Crippen molar-refractivity contribution in [1.29, 1.82) is 0 Å². The van der Waals surface area contributed by atoms with Crippen molar-refractivity contribution in [1.82, 2.24) is 20.3 Å². The number of aromatic nitrogens is 4. The van der Waals surface area contributed by atoms with Gasteiger partial charge >= 0.3 is 0 Å². The Hall–Kier alpha value is -1.46. The molecule has 0 aliphatic carbocycles. The highest BCUT2D eigenvalue weighted by Gasteiger charge is 1.90. The molecular weight excluding hydrogens is 122 g/mol. The molecule has 1 N–H and O–H groups in total. The zero-order chi connectivity index (χ0) is 6.69. The van der Waals surface area contributed by atoms with Gasteiger partial charge in [-0.2, -0.15) is 0 Å². The SMILES string of the molecule is CC(=O)Nn1cnnn1. The Morgan fingerprint density at radius 1 is 1.78 bits per heavy atom. The Labute approximate surface area is 50.8 Å². The minimum atomic E-state index is -0.206. The van der Waals surface area contributed by atoms with E-state index >= 15 is 0 Å². The summed E-state index contributed by atoms with van der Waals surface area (Å²) in [5, 5.41) is 9.97. The molecule has 6 nitrogen and oxygen atoms in total. The zero-order valence-electron chi connectivity index (χ0n) is 4.77. The van der Waals surface area contributed by atoms with E-state index in [1.165, 1.54) is 13.3 Å². The number of carbonyl (C=O) groups is 1. The van der Waals surface area contributed by atoms with E-state index in [9.17, 15) is 4.79 Å². The summed E-state index contributed by atoms with van der Waals surface area (Å²) in [6, 6.07) is 0. The summed E-state index contributed by atoms with van der Waals surface area (Å²) < 4.78 is 0. The van der Waals surface area contributed by atoms with Crippen molar-refractivity contribution in [3.05, 3.63) is 6.33 Å². The van der Waals surface area contributed by atoms with Gasteiger partial charge in [0, 0.05) is 6.92 Å². The second-order valence-electron chi connectivity index (χ2n) is 1.42. The van der Waals surface area contributed by atoms with Gasteiger partial charge in [0.05, 0.1) is 0 Å². The van der Waals surface area contributed by atoms with Crippen LogP contribution < -0.4 is 5.43 Å². The highest BCUT2D eigenvalue weighted by molar-refractivity contribution is 5.80. The molecule has 48 valence electrons. The molecule has 0 aliphatic heterocycles. The third-order valence-corrected chi connectivity index (χ3v) is 0.621. The molecule has 0 aliphatic rings. The lowest BCUT2D eigenvalue weighted by Gasteiger charge is -1.94. The minimum Gasteiger partial charge on any atom is -0.274 e. The molecule has 0 saturated heterocycles. The summed E-state index contributed by atoms with van der Waals surface area (Å²) in [6.45, 7) is 1.38. The fraction of sp³-hybridized carbons (Fsp3) is 0.333. The van der Waals surface area contributed by atoms with Gasteiger partial charge in [-0.05, 0) is 10.4 Å². The molecule has 1 aromatic rings. The van der Waals surface area contributed by atoms with Crippen molar-refractivity contribution in [3.8, 4) is 0 Å². The van der Waals surface area contributed by atoms with Crippen LogP contribution >= 0.6 is 0 Å². The topological polar surface area (TPSA) is 72.7 Å². The molecule has 0 fully saturated rings. The standard InChI is InChI=1S/C3H5N5O/c1-3(9)5-8-2-4-6-7-8/h2H,1H3,(H,5,9). The predicted molar refractivity (Wildman–Crippen MR) is 27.9 cm³/mol. The van der Waals surface area contributed by atoms with Gasteiger partial charge in [-0.1, -0.05) is 0 Å². The van der Waals surface area contributed by atoms with E-state index in [2.05, 4.69) is 21.0 Å². The first-order chi connectivity index (χ1) is 4.29. The molecule has 9 heavy (non-hydrogen) atoms. The average Bonchev–Trinajstić information content (AvgIpc) is 2.15. The first-order valence-corrected chi connectivity index (χ1v) is 2.29. The summed E-state index contributed by atoms with van der Waals surface area (Å²) >= 11 is 0. The van der Waals surface area contributed by atoms with Gasteiger partial charge in [0.25, 0.3) is 0 Å². The molecule has 6 heteroatoms. The summed E-state index contributed by atoms with van der Waals surface area (Å²) in [5.74, 6) is -0.206. The number of hydrogen-bond acceptors (Lipinski definition) is 4. The van der Waals surface area contributed by atoms with E-state index in [0.29, 0.717) is 0 Å². The minimum absolute atomic E-state index is 0.206. The Kier molecular flexibility index (Phi) is 1.39. The number of rotatable bonds is 1. The van der Waals surface area contributed by atoms with E-state index in [-0.39, 0.29) is 5.91 Å². The molecule has 0 aromatic carbocycles. The molecule has 1 rings (SSSR count). The monoisotopic (exact) mass is 127 g/mol. The van der Waals surface area contributed by atoms with Gasteiger partial charge < -0.3 is 0 Å². The van der Waals surface area contributed by atoms with Crippen LogP contribution in [-0.2, 0) is 4.79 Å². The Morgan fingerprint density at radius 3 is 3.00 bits per heavy atom. The third kappa shape index (κ3) is 1.48. The normalized spacial score (nSPS) is 9.00. The van der Waals surface area contributed by atoms with Crippen LogP contribution in [-0.4, -0.2) is 26.2 Å². The van der Waals surface area contributed by atoms with Crippen molar-refractivity contribution in [2.75, 3.05) is 5.43 Å². The van der Waals surface area contributed by atoms with Crippen LogP contribution in [0.15, 0.2) is 6.33 Å². The number of amides is 1. The van der Waals surface area contributed by atoms with E-state index in [4.69, 9.17) is 0 Å². The van der Waals surface area contributed by atoms with Crippen LogP contribution in [0.2, 0.25) is 0 Å². The molecule has 0 radical (unpaired) electrons. The molecule has 0 saturated carbocycles. The third-order valence-electron chi connectivity index (χ3n) is 0.621. The molecule has 1 aromatic heterocycles. The molecule has 0 unspecified atom stereocenters. The zero-order valence-corrected chi connectivity index (χ0v) is 4.77. The quantitative estimate of drug-likeness (QED) is 0.512. The molecule has 1 amide bonds. The number of nitrogens with zero attached hydrogens (tertiary/aromatic N) is 4. The first-order valence-electron chi connectivity index (χ1n) is 2.29. The number of tetrazole rings is 1. The highest BCUT2D eigenvalue weighted by atomic mass is 16.2. The summed E-state index contributed by atoms with van der Waals surface area (Å²) in [7, 11) is 0. The van der Waals surface area contributed by atoms with Gasteiger partial charge in [-0.25, -0.2) is 5.43 Å². The van der Waals surface area contributed by atoms with E-state index in [0.717, 1.165) is 4.79 Å². The van der Waals surface area contributed by atoms with Crippen LogP contribution in [0.4, 0.5) is 0 Å². The summed E-state index contributed by atoms with van der Waals surface area (Å²) in [4.78, 5) is 11.4. The number of nitrogens with one attached hydrogen (secondary N) is 1. The first kappa shape index (κ1) is 5.67. The van der Waals surface area contributed by atoms with Gasteiger partial charge in [-0.3, -0.25) is 4.79 Å². The van der Waals surface area contributed by atoms with E-state index in [1.54, 1.807) is 0 Å². The summed E-state index contributed by atoms with van der Waals surface area (Å²) in [6.07, 6.45) is 1.29. The smallest absolute Gasteiger partial charge is 0.237 e. The highest BCUT2D eigenvalue weighted by Crippen LogP contribution is 1.67. The van der Waals surface area contributed by atoms with Crippen LogP contribution in [0.1, 0.15) is 6.92 Å². The molecule has 0 atom stereocenters. The van der Waals surface area contributed by atoms with Crippen molar-refractivity contribution >= 4 is 5.91 Å². The maximum Gasteiger partial charge on any atom is 0.237 e. The fourth-order valence-corrected chi connectivity index (χ4v) is 0.374. The van der Waals surface area contributed by atoms with Crippen LogP contribution in [0.25, 0.3) is 0 Å². The number of carbonyl (C=O) groups excluding carboxylic acids is 1. The van der Waals surface area contributed by atoms with Crippen molar-refractivity contribution in [2.45, 2.75) is 6.92 Å². The molecule has 1 heterocycles. The van der Waals surface area contributed by atoms with Crippen molar-refractivity contribution in [3.63, 3.8) is 0 Å². The molecule has 0 bridgehead atoms. The van der Waals surface area contributed by atoms with Gasteiger partial charge in [-0.15, -0.1) is 9.89 Å². The lowest BCUT2D eigenvalue weighted by atomic mass is 10.8. The second kappa shape index (κ2) is 2.21. The second-order valence-corrected chi connectivity index (χ2v) is 1.42. The Bertz CT molecular complexity index is 192. The largest absolute Gasteiger partial charge is 0.274 e. The van der Waals surface area contributed by atoms with E-state index < -0.39 is 0 Å². The maximum absolute atomic E-state index is 10.3. The van der Waals surface area contributed by atoms with Crippen LogP contribution in [0, 0.1) is 0 Å². The lowest BCUT2D eigenvalue weighted by molar-refractivity contribution is -0.115. The number of hydrogen-bond donors (Lipinski definition) is 1. The van der Waals surface area contributed by atoms with Crippen molar-refractivity contribution < 1.29 is 4.79 Å². The fourth-order valence-electron chi connectivity index (χ4n) is 0.374.